The molecule has 0 saturated heterocycles. The smallest absolute Gasteiger partial charge is 0.342 e. The van der Waals surface area contributed by atoms with E-state index in [0.29, 0.717) is 10.8 Å². The van der Waals surface area contributed by atoms with Gasteiger partial charge in [0.25, 0.3) is 0 Å². The Bertz CT molecular complexity index is 1200. The third-order valence-corrected chi connectivity index (χ3v) is 5.35. The van der Waals surface area contributed by atoms with Crippen molar-refractivity contribution in [1.82, 2.24) is 0 Å². The summed E-state index contributed by atoms with van der Waals surface area (Å²) in [7, 11) is 2.51. The lowest BCUT2D eigenvalue weighted by molar-refractivity contribution is 0.0547. The minimum Gasteiger partial charge on any atom is -0.487 e. The van der Waals surface area contributed by atoms with Crippen molar-refractivity contribution in [2.24, 2.45) is 0 Å². The van der Waals surface area contributed by atoms with Crippen LogP contribution in [0.1, 0.15) is 31.8 Å². The third-order valence-electron chi connectivity index (χ3n) is 5.35. The van der Waals surface area contributed by atoms with Gasteiger partial charge in [-0.2, -0.15) is 0 Å². The maximum atomic E-state index is 13.0. The van der Waals surface area contributed by atoms with Gasteiger partial charge in [0, 0.05) is 10.8 Å². The van der Waals surface area contributed by atoms with Gasteiger partial charge in [-0.1, -0.05) is 84.9 Å². The van der Waals surface area contributed by atoms with Crippen LogP contribution in [0.15, 0.2) is 84.9 Å². The fourth-order valence-electron chi connectivity index (χ4n) is 3.73. The summed E-state index contributed by atoms with van der Waals surface area (Å²) in [5, 5.41) is 1.24. The van der Waals surface area contributed by atoms with Crippen molar-refractivity contribution in [2.75, 3.05) is 14.2 Å². The fraction of sp³-hybridized carbons (Fsp3) is 0.143. The molecule has 6 nitrogen and oxygen atoms in total. The van der Waals surface area contributed by atoms with Gasteiger partial charge in [0.05, 0.1) is 14.2 Å². The molecule has 0 saturated carbocycles. The Balaban J connectivity index is 1.91. The van der Waals surface area contributed by atoms with Crippen LogP contribution in [0.5, 0.6) is 11.5 Å². The summed E-state index contributed by atoms with van der Waals surface area (Å²) >= 11 is 0. The molecule has 0 atom stereocenters. The number of carbonyl (C=O) groups excluding carboxylic acids is 2. The highest BCUT2D eigenvalue weighted by Gasteiger charge is 2.31. The molecule has 0 fully saturated rings. The van der Waals surface area contributed by atoms with Crippen molar-refractivity contribution in [1.29, 1.82) is 0 Å². The summed E-state index contributed by atoms with van der Waals surface area (Å²) in [5.41, 5.74) is 1.75. The largest absolute Gasteiger partial charge is 0.487 e. The van der Waals surface area contributed by atoms with Crippen LogP contribution in [-0.4, -0.2) is 26.2 Å². The Kier molecular flexibility index (Phi) is 7.08. The second kappa shape index (κ2) is 10.5. The van der Waals surface area contributed by atoms with E-state index in [4.69, 9.17) is 18.9 Å². The van der Waals surface area contributed by atoms with Crippen LogP contribution >= 0.6 is 0 Å². The van der Waals surface area contributed by atoms with E-state index in [1.165, 1.54) is 14.2 Å². The zero-order chi connectivity index (χ0) is 23.9. The minimum absolute atomic E-state index is 0.0351. The van der Waals surface area contributed by atoms with Gasteiger partial charge in [0.1, 0.15) is 35.8 Å². The zero-order valence-electron chi connectivity index (χ0n) is 18.9. The van der Waals surface area contributed by atoms with Gasteiger partial charge in [0.2, 0.25) is 0 Å². The molecule has 0 spiro atoms. The molecular formula is C28H24O6. The van der Waals surface area contributed by atoms with E-state index in [9.17, 15) is 9.59 Å². The topological polar surface area (TPSA) is 71.1 Å². The molecule has 0 aromatic heterocycles. The lowest BCUT2D eigenvalue weighted by Gasteiger charge is -2.20. The van der Waals surface area contributed by atoms with Gasteiger partial charge in [-0.15, -0.1) is 0 Å². The van der Waals surface area contributed by atoms with Crippen LogP contribution in [0.25, 0.3) is 10.8 Å². The van der Waals surface area contributed by atoms with Crippen LogP contribution < -0.4 is 9.47 Å². The van der Waals surface area contributed by atoms with E-state index in [1.54, 1.807) is 0 Å². The summed E-state index contributed by atoms with van der Waals surface area (Å²) in [6, 6.07) is 26.4. The molecule has 6 heteroatoms. The molecular weight excluding hydrogens is 432 g/mol. The number of fused-ring (bicyclic) bond motifs is 1. The first-order valence-corrected chi connectivity index (χ1v) is 10.7. The Morgan fingerprint density at radius 2 is 0.912 bits per heavy atom. The molecule has 0 unspecified atom stereocenters. The first-order chi connectivity index (χ1) is 16.6. The summed E-state index contributed by atoms with van der Waals surface area (Å²) in [4.78, 5) is 26.0. The first kappa shape index (κ1) is 22.9. The fourth-order valence-corrected chi connectivity index (χ4v) is 3.73. The Morgan fingerprint density at radius 1 is 0.559 bits per heavy atom. The Hall–Kier alpha value is -4.32. The molecule has 4 aromatic rings. The SMILES string of the molecule is COC(=O)c1c(C(=O)OC)c(OCc2ccccc2)c2ccccc2c1OCc1ccccc1. The molecule has 0 N–H and O–H groups in total. The Labute approximate surface area is 197 Å². The quantitative estimate of drug-likeness (QED) is 0.323. The number of benzene rings is 4. The number of carbonyl (C=O) groups is 2. The van der Waals surface area contributed by atoms with Crippen LogP contribution in [0.2, 0.25) is 0 Å². The second-order valence-corrected chi connectivity index (χ2v) is 7.49. The third kappa shape index (κ3) is 4.71. The second-order valence-electron chi connectivity index (χ2n) is 7.49. The van der Waals surface area contributed by atoms with Gasteiger partial charge >= 0.3 is 11.9 Å². The summed E-state index contributed by atoms with van der Waals surface area (Å²) < 4.78 is 22.4. The molecule has 4 aromatic carbocycles. The van der Waals surface area contributed by atoms with Crippen molar-refractivity contribution in [3.8, 4) is 11.5 Å². The highest BCUT2D eigenvalue weighted by molar-refractivity contribution is 6.14. The monoisotopic (exact) mass is 456 g/mol. The van der Waals surface area contributed by atoms with Gasteiger partial charge in [0.15, 0.2) is 0 Å². The average Bonchev–Trinajstić information content (AvgIpc) is 2.90. The van der Waals surface area contributed by atoms with Crippen LogP contribution in [0, 0.1) is 0 Å². The minimum atomic E-state index is -0.723. The number of esters is 2. The summed E-state index contributed by atoms with van der Waals surface area (Å²) in [5.74, 6) is -0.977. The van der Waals surface area contributed by atoms with Gasteiger partial charge in [-0.05, 0) is 11.1 Å². The van der Waals surface area contributed by atoms with Crippen molar-refractivity contribution in [3.05, 3.63) is 107 Å². The standard InChI is InChI=1S/C28H24O6/c1-31-27(29)23-24(28(30)32-2)26(34-18-20-13-7-4-8-14-20)22-16-10-9-15-21(22)25(23)33-17-19-11-5-3-6-12-19/h3-16H,17-18H2,1-2H3. The lowest BCUT2D eigenvalue weighted by Crippen LogP contribution is -2.17. The summed E-state index contributed by atoms with van der Waals surface area (Å²) in [6.45, 7) is 0.388. The van der Waals surface area contributed by atoms with Crippen LogP contribution in [0.4, 0.5) is 0 Å². The maximum absolute atomic E-state index is 13.0. The zero-order valence-corrected chi connectivity index (χ0v) is 18.9. The highest BCUT2D eigenvalue weighted by Crippen LogP contribution is 2.42. The summed E-state index contributed by atoms with van der Waals surface area (Å²) in [6.07, 6.45) is 0. The van der Waals surface area contributed by atoms with Crippen molar-refractivity contribution in [2.45, 2.75) is 13.2 Å². The van der Waals surface area contributed by atoms with Crippen molar-refractivity contribution < 1.29 is 28.5 Å². The maximum Gasteiger partial charge on any atom is 0.342 e. The number of hydrogen-bond donors (Lipinski definition) is 0. The number of methoxy groups -OCH3 is 2. The van der Waals surface area contributed by atoms with Crippen LogP contribution in [0.3, 0.4) is 0 Å². The highest BCUT2D eigenvalue weighted by atomic mass is 16.5. The van der Waals surface area contributed by atoms with Crippen LogP contribution in [-0.2, 0) is 22.7 Å². The normalized spacial score (nSPS) is 10.5. The molecule has 0 amide bonds. The van der Waals surface area contributed by atoms with E-state index in [2.05, 4.69) is 0 Å². The molecule has 0 aliphatic carbocycles. The first-order valence-electron chi connectivity index (χ1n) is 10.7. The Morgan fingerprint density at radius 3 is 1.26 bits per heavy atom. The molecule has 4 rings (SSSR count). The van der Waals surface area contributed by atoms with E-state index in [1.807, 2.05) is 84.9 Å². The van der Waals surface area contributed by atoms with Crippen molar-refractivity contribution in [3.63, 3.8) is 0 Å². The molecule has 0 aliphatic heterocycles. The van der Waals surface area contributed by atoms with E-state index in [0.717, 1.165) is 11.1 Å². The molecule has 0 aliphatic rings. The average molecular weight is 456 g/mol. The molecule has 0 heterocycles. The predicted molar refractivity (Wildman–Crippen MR) is 128 cm³/mol. The van der Waals surface area contributed by atoms with Gasteiger partial charge in [-0.3, -0.25) is 0 Å². The number of hydrogen-bond acceptors (Lipinski definition) is 6. The van der Waals surface area contributed by atoms with Gasteiger partial charge in [-0.25, -0.2) is 9.59 Å². The molecule has 172 valence electrons. The van der Waals surface area contributed by atoms with E-state index in [-0.39, 0.29) is 35.8 Å². The van der Waals surface area contributed by atoms with Gasteiger partial charge < -0.3 is 18.9 Å². The van der Waals surface area contributed by atoms with E-state index >= 15 is 0 Å². The number of rotatable bonds is 8. The predicted octanol–water partition coefficient (Wildman–Crippen LogP) is 5.57. The molecule has 0 bridgehead atoms. The molecule has 34 heavy (non-hydrogen) atoms. The number of ether oxygens (including phenoxy) is 4. The van der Waals surface area contributed by atoms with E-state index < -0.39 is 11.9 Å². The lowest BCUT2D eigenvalue weighted by atomic mass is 9.97. The van der Waals surface area contributed by atoms with Crippen molar-refractivity contribution >= 4 is 22.7 Å². The molecule has 0 radical (unpaired) electrons.